The second-order valence-electron chi connectivity index (χ2n) is 7.56. The van der Waals surface area contributed by atoms with Gasteiger partial charge in [-0.3, -0.25) is 14.9 Å². The van der Waals surface area contributed by atoms with E-state index >= 15 is 0 Å². The van der Waals surface area contributed by atoms with Gasteiger partial charge in [0, 0.05) is 30.9 Å². The molecule has 1 saturated heterocycles. The van der Waals surface area contributed by atoms with Crippen molar-refractivity contribution in [2.75, 3.05) is 44.1 Å². The fourth-order valence-corrected chi connectivity index (χ4v) is 3.61. The quantitative estimate of drug-likeness (QED) is 0.255. The highest BCUT2D eigenvalue weighted by molar-refractivity contribution is 6.01. The zero-order valence-corrected chi connectivity index (χ0v) is 19.1. The van der Waals surface area contributed by atoms with Crippen LogP contribution in [0.5, 0.6) is 0 Å². The van der Waals surface area contributed by atoms with Crippen molar-refractivity contribution >= 4 is 40.9 Å². The van der Waals surface area contributed by atoms with E-state index in [1.165, 1.54) is 30.3 Å². The van der Waals surface area contributed by atoms with Gasteiger partial charge in [0.2, 0.25) is 0 Å². The number of nitrogens with one attached hydrogen (secondary N) is 1. The lowest BCUT2D eigenvalue weighted by Crippen LogP contribution is -2.24. The Hall–Kier alpha value is -4.48. The summed E-state index contributed by atoms with van der Waals surface area (Å²) in [6.45, 7) is 0.673. The van der Waals surface area contributed by atoms with Gasteiger partial charge in [-0.25, -0.2) is 14.4 Å². The number of rotatable bonds is 8. The third-order valence-electron chi connectivity index (χ3n) is 5.25. The van der Waals surface area contributed by atoms with Gasteiger partial charge in [-0.2, -0.15) is 0 Å². The first-order chi connectivity index (χ1) is 16.7. The van der Waals surface area contributed by atoms with Crippen LogP contribution < -0.4 is 10.2 Å². The molecule has 0 spiro atoms. The molecular formula is C23H23N3O9. The lowest BCUT2D eigenvalue weighted by molar-refractivity contribution is -0.384. The van der Waals surface area contributed by atoms with Crippen LogP contribution in [-0.4, -0.2) is 62.7 Å². The lowest BCUT2D eigenvalue weighted by atomic mass is 10.1. The van der Waals surface area contributed by atoms with Crippen LogP contribution >= 0.6 is 0 Å². The lowest BCUT2D eigenvalue weighted by Gasteiger charge is -2.20. The number of anilines is 2. The Morgan fingerprint density at radius 2 is 1.54 bits per heavy atom. The van der Waals surface area contributed by atoms with Crippen LogP contribution in [0.15, 0.2) is 36.4 Å². The van der Waals surface area contributed by atoms with Crippen molar-refractivity contribution in [3.05, 3.63) is 63.2 Å². The van der Waals surface area contributed by atoms with E-state index in [9.17, 15) is 29.3 Å². The summed E-state index contributed by atoms with van der Waals surface area (Å²) >= 11 is 0. The summed E-state index contributed by atoms with van der Waals surface area (Å²) < 4.78 is 14.4. The molecule has 0 aliphatic carbocycles. The molecule has 35 heavy (non-hydrogen) atoms. The number of methoxy groups -OCH3 is 2. The van der Waals surface area contributed by atoms with E-state index in [1.807, 2.05) is 4.90 Å². The van der Waals surface area contributed by atoms with Crippen molar-refractivity contribution in [2.24, 2.45) is 0 Å². The summed E-state index contributed by atoms with van der Waals surface area (Å²) in [7, 11) is 2.32. The normalized spacial score (nSPS) is 12.6. The Morgan fingerprint density at radius 3 is 2.09 bits per heavy atom. The topological polar surface area (TPSA) is 154 Å². The standard InChI is InChI=1S/C23H23N3O9/c1-33-21(28)14-9-15(22(29)34-2)11-16(10-14)24-20(27)13-35-23(30)18-12-17(26(31)32)5-6-19(18)25-7-3-4-8-25/h5-6,9-12H,3-4,7-8,13H2,1-2H3,(H,24,27). The molecule has 0 atom stereocenters. The second-order valence-corrected chi connectivity index (χ2v) is 7.56. The van der Waals surface area contributed by atoms with Gasteiger partial charge in [0.25, 0.3) is 11.6 Å². The Bertz CT molecular complexity index is 1140. The van der Waals surface area contributed by atoms with Crippen molar-refractivity contribution in [1.82, 2.24) is 0 Å². The number of carbonyl (C=O) groups excluding carboxylic acids is 4. The molecule has 1 N–H and O–H groups in total. The van der Waals surface area contributed by atoms with Gasteiger partial charge in [-0.05, 0) is 37.1 Å². The summed E-state index contributed by atoms with van der Waals surface area (Å²) in [5, 5.41) is 13.6. The number of non-ortho nitro benzene ring substituents is 1. The number of carbonyl (C=O) groups is 4. The molecule has 1 aliphatic heterocycles. The van der Waals surface area contributed by atoms with Gasteiger partial charge < -0.3 is 24.4 Å². The first-order valence-corrected chi connectivity index (χ1v) is 10.6. The molecule has 0 saturated carbocycles. The monoisotopic (exact) mass is 485 g/mol. The van der Waals surface area contributed by atoms with E-state index in [4.69, 9.17) is 4.74 Å². The number of hydrogen-bond donors (Lipinski definition) is 1. The average molecular weight is 485 g/mol. The van der Waals surface area contributed by atoms with Crippen molar-refractivity contribution in [3.8, 4) is 0 Å². The Morgan fingerprint density at radius 1 is 0.943 bits per heavy atom. The summed E-state index contributed by atoms with van der Waals surface area (Å²) in [5.74, 6) is -3.13. The predicted octanol–water partition coefficient (Wildman–Crippen LogP) is 2.56. The number of amides is 1. The van der Waals surface area contributed by atoms with E-state index in [0.29, 0.717) is 18.8 Å². The van der Waals surface area contributed by atoms with Gasteiger partial charge in [-0.1, -0.05) is 0 Å². The van der Waals surface area contributed by atoms with E-state index in [0.717, 1.165) is 33.1 Å². The fourth-order valence-electron chi connectivity index (χ4n) is 3.61. The highest BCUT2D eigenvalue weighted by atomic mass is 16.6. The van der Waals surface area contributed by atoms with Crippen LogP contribution in [0, 0.1) is 10.1 Å². The molecule has 1 heterocycles. The van der Waals surface area contributed by atoms with Crippen LogP contribution in [0.4, 0.5) is 17.1 Å². The summed E-state index contributed by atoms with van der Waals surface area (Å²) in [5.41, 5.74) is 0.257. The van der Waals surface area contributed by atoms with E-state index < -0.39 is 35.3 Å². The van der Waals surface area contributed by atoms with Crippen molar-refractivity contribution in [2.45, 2.75) is 12.8 Å². The molecule has 0 bridgehead atoms. The maximum absolute atomic E-state index is 12.7. The Balaban J connectivity index is 1.75. The number of nitro benzene ring substituents is 1. The number of ether oxygens (including phenoxy) is 3. The van der Waals surface area contributed by atoms with E-state index in [2.05, 4.69) is 14.8 Å². The van der Waals surface area contributed by atoms with E-state index in [1.54, 1.807) is 0 Å². The number of esters is 3. The minimum absolute atomic E-state index is 0.00505. The first-order valence-electron chi connectivity index (χ1n) is 10.6. The molecule has 0 aromatic heterocycles. The number of nitrogens with zero attached hydrogens (tertiary/aromatic N) is 2. The maximum Gasteiger partial charge on any atom is 0.341 e. The van der Waals surface area contributed by atoms with Gasteiger partial charge in [0.15, 0.2) is 6.61 Å². The molecular weight excluding hydrogens is 462 g/mol. The zero-order valence-electron chi connectivity index (χ0n) is 19.1. The maximum atomic E-state index is 12.7. The molecule has 0 unspecified atom stereocenters. The average Bonchev–Trinajstić information content (AvgIpc) is 3.40. The molecule has 1 fully saturated rings. The Labute approximate surface area is 199 Å². The SMILES string of the molecule is COC(=O)c1cc(NC(=O)COC(=O)c2cc([N+](=O)[O-])ccc2N2CCCC2)cc(C(=O)OC)c1. The number of nitro groups is 1. The minimum Gasteiger partial charge on any atom is -0.465 e. The molecule has 184 valence electrons. The molecule has 3 rings (SSSR count). The van der Waals surface area contributed by atoms with E-state index in [-0.39, 0.29) is 28.1 Å². The second kappa shape index (κ2) is 11.1. The minimum atomic E-state index is -0.899. The smallest absolute Gasteiger partial charge is 0.341 e. The van der Waals surface area contributed by atoms with Gasteiger partial charge in [-0.15, -0.1) is 0 Å². The summed E-state index contributed by atoms with van der Waals surface area (Å²) in [6.07, 6.45) is 1.85. The fraction of sp³-hybridized carbons (Fsp3) is 0.304. The van der Waals surface area contributed by atoms with Crippen LogP contribution in [0.1, 0.15) is 43.9 Å². The molecule has 1 aliphatic rings. The highest BCUT2D eigenvalue weighted by Gasteiger charge is 2.24. The van der Waals surface area contributed by atoms with Crippen molar-refractivity contribution in [1.29, 1.82) is 0 Å². The van der Waals surface area contributed by atoms with Crippen molar-refractivity contribution in [3.63, 3.8) is 0 Å². The largest absolute Gasteiger partial charge is 0.465 e. The first kappa shape index (κ1) is 25.1. The Kier molecular flexibility index (Phi) is 7.97. The molecule has 2 aromatic rings. The van der Waals surface area contributed by atoms with Gasteiger partial charge in [0.05, 0.1) is 41.5 Å². The van der Waals surface area contributed by atoms with Gasteiger partial charge in [0.1, 0.15) is 0 Å². The van der Waals surface area contributed by atoms with Crippen LogP contribution in [0.2, 0.25) is 0 Å². The zero-order chi connectivity index (χ0) is 25.5. The summed E-state index contributed by atoms with van der Waals surface area (Å²) in [4.78, 5) is 61.4. The molecule has 1 amide bonds. The highest BCUT2D eigenvalue weighted by Crippen LogP contribution is 2.29. The molecule has 0 radical (unpaired) electrons. The predicted molar refractivity (Wildman–Crippen MR) is 123 cm³/mol. The van der Waals surface area contributed by atoms with Crippen molar-refractivity contribution < 1.29 is 38.3 Å². The third kappa shape index (κ3) is 6.10. The third-order valence-corrected chi connectivity index (χ3v) is 5.25. The summed E-state index contributed by atoms with van der Waals surface area (Å²) in [6, 6.07) is 7.73. The molecule has 12 heteroatoms. The van der Waals surface area contributed by atoms with Crippen LogP contribution in [-0.2, 0) is 19.0 Å². The number of hydrogen-bond acceptors (Lipinski definition) is 10. The molecule has 12 nitrogen and oxygen atoms in total. The van der Waals surface area contributed by atoms with Crippen LogP contribution in [0.25, 0.3) is 0 Å². The van der Waals surface area contributed by atoms with Crippen LogP contribution in [0.3, 0.4) is 0 Å². The molecule has 2 aromatic carbocycles. The number of benzene rings is 2. The van der Waals surface area contributed by atoms with Gasteiger partial charge >= 0.3 is 17.9 Å².